The lowest BCUT2D eigenvalue weighted by molar-refractivity contribution is 0.102. The molecule has 7 heteroatoms. The van der Waals surface area contributed by atoms with Gasteiger partial charge in [0.15, 0.2) is 5.69 Å². The van der Waals surface area contributed by atoms with Gasteiger partial charge in [0.25, 0.3) is 5.91 Å². The van der Waals surface area contributed by atoms with Gasteiger partial charge in [-0.15, -0.1) is 0 Å². The molecule has 2 N–H and O–H groups in total. The van der Waals surface area contributed by atoms with Crippen LogP contribution < -0.4 is 10.6 Å². The van der Waals surface area contributed by atoms with Crippen LogP contribution in [0, 0.1) is 0 Å². The number of hydrogen-bond acceptors (Lipinski definition) is 4. The number of anilines is 1. The normalized spacial score (nSPS) is 13.7. The average molecular weight is 350 g/mol. The van der Waals surface area contributed by atoms with Crippen LogP contribution in [0.4, 0.5) is 5.82 Å². The largest absolute Gasteiger partial charge is 0.331 e. The number of rotatable bonds is 4. The molecule has 0 saturated heterocycles. The highest BCUT2D eigenvalue weighted by Crippen LogP contribution is 2.25. The van der Waals surface area contributed by atoms with Crippen LogP contribution >= 0.6 is 0 Å². The van der Waals surface area contributed by atoms with Crippen LogP contribution in [0.5, 0.6) is 0 Å². The van der Waals surface area contributed by atoms with Crippen molar-refractivity contribution in [3.8, 4) is 11.3 Å². The Kier molecular flexibility index (Phi) is 4.30. The van der Waals surface area contributed by atoms with Gasteiger partial charge in [0.05, 0.1) is 17.7 Å². The number of amides is 1. The smallest absolute Gasteiger partial charge is 0.277 e. The van der Waals surface area contributed by atoms with E-state index in [1.165, 1.54) is 0 Å². The first-order valence-electron chi connectivity index (χ1n) is 8.84. The molecule has 0 aliphatic carbocycles. The van der Waals surface area contributed by atoms with Crippen LogP contribution in [-0.4, -0.2) is 31.8 Å². The fraction of sp³-hybridized carbons (Fsp3) is 0.316. The van der Waals surface area contributed by atoms with Gasteiger partial charge in [0.1, 0.15) is 5.82 Å². The number of imidazole rings is 1. The Hall–Kier alpha value is -2.93. The Bertz CT molecular complexity index is 925. The van der Waals surface area contributed by atoms with E-state index in [1.54, 1.807) is 6.33 Å². The van der Waals surface area contributed by atoms with Crippen LogP contribution in [0.15, 0.2) is 42.7 Å². The third kappa shape index (κ3) is 3.01. The Morgan fingerprint density at radius 1 is 1.27 bits per heavy atom. The first-order valence-corrected chi connectivity index (χ1v) is 8.84. The molecule has 0 atom stereocenters. The topological polar surface area (TPSA) is 76.8 Å². The maximum atomic E-state index is 12.8. The van der Waals surface area contributed by atoms with Gasteiger partial charge >= 0.3 is 0 Å². The molecule has 7 nitrogen and oxygen atoms in total. The first kappa shape index (κ1) is 16.5. The van der Waals surface area contributed by atoms with Crippen molar-refractivity contribution in [3.63, 3.8) is 0 Å². The minimum atomic E-state index is -0.205. The van der Waals surface area contributed by atoms with E-state index >= 15 is 0 Å². The van der Waals surface area contributed by atoms with Crippen LogP contribution in [0.2, 0.25) is 0 Å². The van der Waals surface area contributed by atoms with Crippen LogP contribution in [0.3, 0.4) is 0 Å². The van der Waals surface area contributed by atoms with Gasteiger partial charge in [-0.1, -0.05) is 30.3 Å². The lowest BCUT2D eigenvalue weighted by atomic mass is 10.1. The predicted molar refractivity (Wildman–Crippen MR) is 99.9 cm³/mol. The van der Waals surface area contributed by atoms with E-state index in [2.05, 4.69) is 20.7 Å². The fourth-order valence-electron chi connectivity index (χ4n) is 3.19. The van der Waals surface area contributed by atoms with Crippen molar-refractivity contribution in [1.29, 1.82) is 0 Å². The van der Waals surface area contributed by atoms with Gasteiger partial charge in [0, 0.05) is 37.3 Å². The summed E-state index contributed by atoms with van der Waals surface area (Å²) in [4.78, 5) is 17.1. The van der Waals surface area contributed by atoms with E-state index in [9.17, 15) is 4.79 Å². The van der Waals surface area contributed by atoms with Gasteiger partial charge in [0.2, 0.25) is 0 Å². The van der Waals surface area contributed by atoms with Crippen molar-refractivity contribution in [2.75, 3.05) is 11.9 Å². The van der Waals surface area contributed by atoms with E-state index in [0.29, 0.717) is 18.1 Å². The highest BCUT2D eigenvalue weighted by Gasteiger charge is 2.22. The number of carbonyl (C=O) groups excluding carboxylic acids is 1. The Balaban J connectivity index is 1.64. The monoisotopic (exact) mass is 350 g/mol. The zero-order valence-corrected chi connectivity index (χ0v) is 14.9. The zero-order valence-electron chi connectivity index (χ0n) is 14.9. The molecule has 0 spiro atoms. The molecule has 0 unspecified atom stereocenters. The highest BCUT2D eigenvalue weighted by atomic mass is 16.2. The second-order valence-electron chi connectivity index (χ2n) is 6.68. The first-order chi connectivity index (χ1) is 12.6. The summed E-state index contributed by atoms with van der Waals surface area (Å²) in [6.07, 6.45) is 1.74. The summed E-state index contributed by atoms with van der Waals surface area (Å²) in [5.41, 5.74) is 3.25. The molecule has 134 valence electrons. The quantitative estimate of drug-likeness (QED) is 0.758. The minimum Gasteiger partial charge on any atom is -0.331 e. The van der Waals surface area contributed by atoms with E-state index < -0.39 is 0 Å². The third-order valence-corrected chi connectivity index (χ3v) is 4.52. The molecular weight excluding hydrogens is 328 g/mol. The van der Waals surface area contributed by atoms with Crippen LogP contribution in [0.1, 0.15) is 36.1 Å². The molecule has 1 aromatic carbocycles. The summed E-state index contributed by atoms with van der Waals surface area (Å²) in [7, 11) is 0. The fourth-order valence-corrected chi connectivity index (χ4v) is 3.19. The number of nitrogens with zero attached hydrogens (tertiary/aromatic N) is 4. The van der Waals surface area contributed by atoms with Gasteiger partial charge < -0.3 is 15.2 Å². The van der Waals surface area contributed by atoms with Crippen molar-refractivity contribution in [2.24, 2.45) is 0 Å². The maximum absolute atomic E-state index is 12.8. The number of carbonyl (C=O) groups is 1. The molecule has 3 aromatic rings. The highest BCUT2D eigenvalue weighted by molar-refractivity contribution is 6.03. The molecule has 1 amide bonds. The zero-order chi connectivity index (χ0) is 18.1. The van der Waals surface area contributed by atoms with Gasteiger partial charge in [-0.25, -0.2) is 9.67 Å². The second kappa shape index (κ2) is 6.76. The standard InChI is InChI=1S/C19H22N6O/c1-13(2)25-17(10-15(23-25)14-6-4-3-5-7-14)22-19(26)18-16-11-20-8-9-24(16)12-21-18/h3-7,10,12-13,20H,8-9,11H2,1-2H3,(H,22,26). The number of fused-ring (bicyclic) bond motifs is 1. The lowest BCUT2D eigenvalue weighted by Gasteiger charge is -2.16. The number of aromatic nitrogens is 4. The Labute approximate surface area is 152 Å². The predicted octanol–water partition coefficient (Wildman–Crippen LogP) is 2.68. The number of nitrogens with one attached hydrogen (secondary N) is 2. The summed E-state index contributed by atoms with van der Waals surface area (Å²) in [6, 6.07) is 12.0. The second-order valence-corrected chi connectivity index (χ2v) is 6.68. The Morgan fingerprint density at radius 3 is 2.85 bits per heavy atom. The van der Waals surface area contributed by atoms with E-state index in [1.807, 2.05) is 59.5 Å². The number of hydrogen-bond donors (Lipinski definition) is 2. The van der Waals surface area contributed by atoms with Gasteiger partial charge in [-0.05, 0) is 13.8 Å². The van der Waals surface area contributed by atoms with Crippen molar-refractivity contribution in [3.05, 3.63) is 54.1 Å². The third-order valence-electron chi connectivity index (χ3n) is 4.52. The SMILES string of the molecule is CC(C)n1nc(-c2ccccc2)cc1NC(=O)c1ncn2c1CNCC2. The summed E-state index contributed by atoms with van der Waals surface area (Å²) in [5, 5.41) is 10.9. The van der Waals surface area contributed by atoms with Crippen LogP contribution in [0.25, 0.3) is 11.3 Å². The molecule has 1 aliphatic heterocycles. The van der Waals surface area contributed by atoms with E-state index in [0.717, 1.165) is 30.0 Å². The van der Waals surface area contributed by atoms with Crippen LogP contribution in [-0.2, 0) is 13.1 Å². The molecule has 0 radical (unpaired) electrons. The molecule has 4 rings (SSSR count). The van der Waals surface area contributed by atoms with E-state index in [4.69, 9.17) is 0 Å². The summed E-state index contributed by atoms with van der Waals surface area (Å²) >= 11 is 0. The average Bonchev–Trinajstić information content (AvgIpc) is 3.27. The van der Waals surface area contributed by atoms with Crippen molar-refractivity contribution in [1.82, 2.24) is 24.6 Å². The molecule has 1 aliphatic rings. The Morgan fingerprint density at radius 2 is 2.08 bits per heavy atom. The van der Waals surface area contributed by atoms with Crippen molar-refractivity contribution in [2.45, 2.75) is 33.0 Å². The van der Waals surface area contributed by atoms with Crippen molar-refractivity contribution >= 4 is 11.7 Å². The molecule has 2 aromatic heterocycles. The molecular formula is C19H22N6O. The minimum absolute atomic E-state index is 0.125. The molecule has 0 fully saturated rings. The summed E-state index contributed by atoms with van der Waals surface area (Å²) < 4.78 is 3.86. The maximum Gasteiger partial charge on any atom is 0.277 e. The summed E-state index contributed by atoms with van der Waals surface area (Å²) in [5.74, 6) is 0.471. The van der Waals surface area contributed by atoms with Crippen molar-refractivity contribution < 1.29 is 4.79 Å². The van der Waals surface area contributed by atoms with E-state index in [-0.39, 0.29) is 11.9 Å². The van der Waals surface area contributed by atoms with Gasteiger partial charge in [-0.3, -0.25) is 4.79 Å². The summed E-state index contributed by atoms with van der Waals surface area (Å²) in [6.45, 7) is 6.46. The molecule has 0 saturated carbocycles. The lowest BCUT2D eigenvalue weighted by Crippen LogP contribution is -2.29. The van der Waals surface area contributed by atoms with Gasteiger partial charge in [-0.2, -0.15) is 5.10 Å². The molecule has 3 heterocycles. The molecule has 26 heavy (non-hydrogen) atoms. The molecule has 0 bridgehead atoms. The number of benzene rings is 1.